The van der Waals surface area contributed by atoms with Crippen molar-refractivity contribution in [3.05, 3.63) is 52.6 Å². The lowest BCUT2D eigenvalue weighted by Gasteiger charge is -2.12. The second-order valence-electron chi connectivity index (χ2n) is 6.32. The van der Waals surface area contributed by atoms with Crippen molar-refractivity contribution in [1.82, 2.24) is 24.1 Å². The van der Waals surface area contributed by atoms with Gasteiger partial charge in [-0.2, -0.15) is 5.10 Å². The van der Waals surface area contributed by atoms with Gasteiger partial charge in [-0.05, 0) is 30.5 Å². The van der Waals surface area contributed by atoms with Crippen LogP contribution in [0.4, 0.5) is 5.82 Å². The van der Waals surface area contributed by atoms with Crippen LogP contribution >= 0.6 is 0 Å². The van der Waals surface area contributed by atoms with Gasteiger partial charge in [0, 0.05) is 12.4 Å². The van der Waals surface area contributed by atoms with E-state index in [2.05, 4.69) is 20.4 Å². The number of carbonyl (C=O) groups excluding carboxylic acids is 1. The van der Waals surface area contributed by atoms with Gasteiger partial charge in [0.2, 0.25) is 5.91 Å². The Balaban J connectivity index is 1.99. The summed E-state index contributed by atoms with van der Waals surface area (Å²) in [5, 5.41) is 16.8. The highest BCUT2D eigenvalue weighted by Crippen LogP contribution is 2.19. The number of hydrogen-bond donors (Lipinski definition) is 2. The molecule has 3 rings (SSSR count). The van der Waals surface area contributed by atoms with E-state index in [9.17, 15) is 14.7 Å². The number of hydrogen-bond acceptors (Lipinski definition) is 6. The molecule has 0 fully saturated rings. The fourth-order valence-corrected chi connectivity index (χ4v) is 2.58. The van der Waals surface area contributed by atoms with Gasteiger partial charge in [-0.1, -0.05) is 13.8 Å². The van der Waals surface area contributed by atoms with Crippen molar-refractivity contribution < 1.29 is 9.90 Å². The molecular formula is C17H20N6O3. The second-order valence-corrected chi connectivity index (χ2v) is 6.32. The monoisotopic (exact) mass is 356 g/mol. The number of aliphatic hydroxyl groups excluding tert-OH is 1. The van der Waals surface area contributed by atoms with Gasteiger partial charge in [-0.15, -0.1) is 0 Å². The molecule has 3 aromatic heterocycles. The maximum atomic E-state index is 12.7. The highest BCUT2D eigenvalue weighted by atomic mass is 16.3. The Kier molecular flexibility index (Phi) is 4.81. The minimum atomic E-state index is -0.901. The summed E-state index contributed by atoms with van der Waals surface area (Å²) in [5.74, 6) is 0.390. The molecule has 0 aliphatic heterocycles. The quantitative estimate of drug-likeness (QED) is 0.707. The van der Waals surface area contributed by atoms with Crippen LogP contribution in [0.1, 0.15) is 44.2 Å². The fourth-order valence-electron chi connectivity index (χ4n) is 2.58. The zero-order valence-corrected chi connectivity index (χ0v) is 14.7. The van der Waals surface area contributed by atoms with Crippen LogP contribution in [0.25, 0.3) is 5.52 Å². The molecule has 1 unspecified atom stereocenters. The molecule has 0 bridgehead atoms. The summed E-state index contributed by atoms with van der Waals surface area (Å²) >= 11 is 0. The lowest BCUT2D eigenvalue weighted by Crippen LogP contribution is -2.32. The Labute approximate surface area is 149 Å². The third-order valence-corrected chi connectivity index (χ3v) is 3.95. The summed E-state index contributed by atoms with van der Waals surface area (Å²) in [6.07, 6.45) is 3.70. The number of aromatic nitrogens is 5. The summed E-state index contributed by atoms with van der Waals surface area (Å²) in [4.78, 5) is 32.6. The van der Waals surface area contributed by atoms with Gasteiger partial charge < -0.3 is 10.4 Å². The standard InChI is InChI=1S/C17H20N6O3/c1-10(2)12-6-13-17(26)23(21-16(11(3)24)22(13)7-12)8-15(25)20-14-4-5-18-9-19-14/h4-7,9-11,24H,8H2,1-3H3,(H,18,19,20,25). The minimum Gasteiger partial charge on any atom is -0.385 e. The van der Waals surface area contributed by atoms with Crippen molar-refractivity contribution in [1.29, 1.82) is 0 Å². The van der Waals surface area contributed by atoms with Crippen LogP contribution in [0.2, 0.25) is 0 Å². The first-order valence-electron chi connectivity index (χ1n) is 8.23. The summed E-state index contributed by atoms with van der Waals surface area (Å²) in [6, 6.07) is 3.31. The number of anilines is 1. The van der Waals surface area contributed by atoms with Gasteiger partial charge in [0.25, 0.3) is 5.56 Å². The number of nitrogens with one attached hydrogen (secondary N) is 1. The molecular weight excluding hydrogens is 336 g/mol. The van der Waals surface area contributed by atoms with Crippen LogP contribution in [0.5, 0.6) is 0 Å². The van der Waals surface area contributed by atoms with Crippen molar-refractivity contribution >= 4 is 17.2 Å². The number of aliphatic hydroxyl groups is 1. The molecule has 2 N–H and O–H groups in total. The molecule has 9 nitrogen and oxygen atoms in total. The molecule has 3 heterocycles. The fraction of sp³-hybridized carbons (Fsp3) is 0.353. The van der Waals surface area contributed by atoms with Crippen molar-refractivity contribution in [3.63, 3.8) is 0 Å². The van der Waals surface area contributed by atoms with E-state index >= 15 is 0 Å². The van der Waals surface area contributed by atoms with Gasteiger partial charge in [-0.25, -0.2) is 14.6 Å². The predicted octanol–water partition coefficient (Wildman–Crippen LogP) is 1.10. The molecule has 0 aliphatic carbocycles. The topological polar surface area (TPSA) is 114 Å². The molecule has 0 spiro atoms. The first-order chi connectivity index (χ1) is 12.4. The zero-order valence-electron chi connectivity index (χ0n) is 14.7. The lowest BCUT2D eigenvalue weighted by molar-refractivity contribution is -0.117. The van der Waals surface area contributed by atoms with E-state index < -0.39 is 17.6 Å². The third-order valence-electron chi connectivity index (χ3n) is 3.95. The van der Waals surface area contributed by atoms with Crippen LogP contribution in [0.3, 0.4) is 0 Å². The molecule has 0 aliphatic rings. The molecule has 26 heavy (non-hydrogen) atoms. The number of fused-ring (bicyclic) bond motifs is 1. The summed E-state index contributed by atoms with van der Waals surface area (Å²) in [7, 11) is 0. The molecule has 1 atom stereocenters. The number of amides is 1. The first-order valence-corrected chi connectivity index (χ1v) is 8.23. The average Bonchev–Trinajstić information content (AvgIpc) is 3.04. The molecule has 0 saturated heterocycles. The van der Waals surface area contributed by atoms with Crippen molar-refractivity contribution in [2.45, 2.75) is 39.3 Å². The molecule has 0 radical (unpaired) electrons. The Hall–Kier alpha value is -3.07. The van der Waals surface area contributed by atoms with Crippen LogP contribution in [-0.2, 0) is 11.3 Å². The number of rotatable bonds is 5. The highest BCUT2D eigenvalue weighted by molar-refractivity contribution is 5.89. The molecule has 136 valence electrons. The summed E-state index contributed by atoms with van der Waals surface area (Å²) < 4.78 is 2.64. The smallest absolute Gasteiger partial charge is 0.291 e. The largest absolute Gasteiger partial charge is 0.385 e. The van der Waals surface area contributed by atoms with Crippen molar-refractivity contribution in [2.24, 2.45) is 0 Å². The highest BCUT2D eigenvalue weighted by Gasteiger charge is 2.18. The number of carbonyl (C=O) groups is 1. The van der Waals surface area contributed by atoms with E-state index in [-0.39, 0.29) is 12.5 Å². The molecule has 0 aromatic carbocycles. The van der Waals surface area contributed by atoms with E-state index in [1.807, 2.05) is 13.8 Å². The van der Waals surface area contributed by atoms with Crippen LogP contribution < -0.4 is 10.9 Å². The van der Waals surface area contributed by atoms with Crippen LogP contribution in [0.15, 0.2) is 35.6 Å². The first kappa shape index (κ1) is 17.7. The maximum Gasteiger partial charge on any atom is 0.291 e. The third kappa shape index (κ3) is 3.47. The molecule has 3 aromatic rings. The van der Waals surface area contributed by atoms with E-state index in [0.717, 1.165) is 10.2 Å². The Morgan fingerprint density at radius 1 is 1.35 bits per heavy atom. The van der Waals surface area contributed by atoms with Crippen molar-refractivity contribution in [3.8, 4) is 0 Å². The SMILES string of the molecule is CC(C)c1cc2c(=O)n(CC(=O)Nc3ccncn3)nc(C(C)O)n2c1. The Morgan fingerprint density at radius 3 is 2.73 bits per heavy atom. The van der Waals surface area contributed by atoms with Gasteiger partial charge in [-0.3, -0.25) is 14.0 Å². The molecule has 1 amide bonds. The Morgan fingerprint density at radius 2 is 2.12 bits per heavy atom. The van der Waals surface area contributed by atoms with Crippen LogP contribution in [0, 0.1) is 0 Å². The van der Waals surface area contributed by atoms with E-state index in [1.54, 1.807) is 29.7 Å². The zero-order chi connectivity index (χ0) is 18.8. The van der Waals surface area contributed by atoms with E-state index in [0.29, 0.717) is 17.2 Å². The maximum absolute atomic E-state index is 12.7. The lowest BCUT2D eigenvalue weighted by atomic mass is 10.1. The van der Waals surface area contributed by atoms with Crippen molar-refractivity contribution in [2.75, 3.05) is 5.32 Å². The average molecular weight is 356 g/mol. The molecule has 9 heteroatoms. The second kappa shape index (κ2) is 7.04. The predicted molar refractivity (Wildman–Crippen MR) is 94.8 cm³/mol. The van der Waals surface area contributed by atoms with E-state index in [1.165, 1.54) is 12.5 Å². The summed E-state index contributed by atoms with van der Waals surface area (Å²) in [5.41, 5.74) is 0.919. The van der Waals surface area contributed by atoms with Gasteiger partial charge in [0.05, 0.1) is 0 Å². The van der Waals surface area contributed by atoms with E-state index in [4.69, 9.17) is 0 Å². The minimum absolute atomic E-state index is 0.214. The number of nitrogens with zero attached hydrogens (tertiary/aromatic N) is 5. The van der Waals surface area contributed by atoms with Gasteiger partial charge in [0.15, 0.2) is 5.82 Å². The Bertz CT molecular complexity index is 991. The van der Waals surface area contributed by atoms with Gasteiger partial charge >= 0.3 is 0 Å². The normalized spacial score (nSPS) is 12.5. The van der Waals surface area contributed by atoms with Gasteiger partial charge in [0.1, 0.15) is 30.3 Å². The summed E-state index contributed by atoms with van der Waals surface area (Å²) in [6.45, 7) is 5.30. The van der Waals surface area contributed by atoms with Crippen LogP contribution in [-0.4, -0.2) is 35.2 Å². The molecule has 0 saturated carbocycles.